The van der Waals surface area contributed by atoms with E-state index in [1.54, 1.807) is 0 Å². The van der Waals surface area contributed by atoms with Crippen molar-refractivity contribution in [2.24, 2.45) is 5.16 Å². The molecule has 0 aliphatic carbocycles. The first kappa shape index (κ1) is 25.6. The highest BCUT2D eigenvalue weighted by atomic mass is 28.4. The average molecular weight is 474 g/mol. The number of oxime groups is 1. The molecule has 3 rings (SSSR count). The third-order valence-corrected chi connectivity index (χ3v) is 11.1. The van der Waals surface area contributed by atoms with Gasteiger partial charge in [-0.1, -0.05) is 123 Å². The maximum absolute atomic E-state index is 9.27. The number of benzene rings is 3. The molecular weight excluding hydrogens is 438 g/mol. The first-order valence-electron chi connectivity index (χ1n) is 11.6. The SMILES string of the molecule is C=C[C@H](C[C@H](C=NO)OCc1ccccc1)O[Si](c1ccccc1)(c1ccccc1)C(C)(C)C. The summed E-state index contributed by atoms with van der Waals surface area (Å²) in [5.41, 5.74) is 1.06. The first-order valence-corrected chi connectivity index (χ1v) is 13.6. The van der Waals surface area contributed by atoms with E-state index in [1.165, 1.54) is 16.6 Å². The Labute approximate surface area is 204 Å². The van der Waals surface area contributed by atoms with E-state index in [0.717, 1.165) is 5.56 Å². The maximum atomic E-state index is 9.27. The van der Waals surface area contributed by atoms with Gasteiger partial charge in [0.2, 0.25) is 0 Å². The molecule has 0 bridgehead atoms. The molecule has 3 aromatic carbocycles. The Kier molecular flexibility index (Phi) is 8.99. The van der Waals surface area contributed by atoms with E-state index in [4.69, 9.17) is 9.16 Å². The lowest BCUT2D eigenvalue weighted by atomic mass is 10.1. The van der Waals surface area contributed by atoms with Crippen molar-refractivity contribution < 1.29 is 14.4 Å². The van der Waals surface area contributed by atoms with Gasteiger partial charge in [0, 0.05) is 6.42 Å². The predicted molar refractivity (Wildman–Crippen MR) is 143 cm³/mol. The molecule has 1 N–H and O–H groups in total. The number of rotatable bonds is 11. The van der Waals surface area contributed by atoms with Crippen LogP contribution in [0.2, 0.25) is 5.04 Å². The summed E-state index contributed by atoms with van der Waals surface area (Å²) in [6.45, 7) is 11.2. The smallest absolute Gasteiger partial charge is 0.261 e. The van der Waals surface area contributed by atoms with Crippen LogP contribution in [-0.2, 0) is 15.8 Å². The summed E-state index contributed by atoms with van der Waals surface area (Å²) in [6.07, 6.45) is 3.03. The Hall–Kier alpha value is -2.99. The number of hydrogen-bond acceptors (Lipinski definition) is 4. The van der Waals surface area contributed by atoms with Crippen molar-refractivity contribution >= 4 is 24.9 Å². The second kappa shape index (κ2) is 11.9. The fourth-order valence-electron chi connectivity index (χ4n) is 4.36. The third-order valence-electron chi connectivity index (χ3n) is 6.01. The highest BCUT2D eigenvalue weighted by Gasteiger charge is 2.51. The number of ether oxygens (including phenoxy) is 1. The van der Waals surface area contributed by atoms with Crippen LogP contribution >= 0.6 is 0 Å². The van der Waals surface area contributed by atoms with Crippen LogP contribution in [-0.4, -0.2) is 31.9 Å². The summed E-state index contributed by atoms with van der Waals surface area (Å²) >= 11 is 0. The van der Waals surface area contributed by atoms with E-state index in [1.807, 2.05) is 48.5 Å². The molecule has 0 saturated carbocycles. The van der Waals surface area contributed by atoms with Crippen molar-refractivity contribution in [2.45, 2.75) is 51.0 Å². The first-order chi connectivity index (χ1) is 16.4. The van der Waals surface area contributed by atoms with E-state index < -0.39 is 14.4 Å². The Morgan fingerprint density at radius 3 is 1.79 bits per heavy atom. The standard InChI is InChI=1S/C29H35NO3Si/c1-5-25(21-26(22-30-31)32-23-24-15-9-6-10-16-24)33-34(29(2,3)4,27-17-11-7-12-18-27)28-19-13-8-14-20-28/h5-20,22,25-26,31H,1,21,23H2,2-4H3/t25-,26-/m1/s1. The second-order valence-corrected chi connectivity index (χ2v) is 13.6. The minimum absolute atomic E-state index is 0.150. The molecule has 0 amide bonds. The lowest BCUT2D eigenvalue weighted by Gasteiger charge is -2.45. The quantitative estimate of drug-likeness (QED) is 0.131. The molecule has 3 aromatic rings. The van der Waals surface area contributed by atoms with E-state index in [9.17, 15) is 5.21 Å². The van der Waals surface area contributed by atoms with Crippen LogP contribution in [0.4, 0.5) is 0 Å². The van der Waals surface area contributed by atoms with E-state index in [2.05, 4.69) is 81.0 Å². The minimum Gasteiger partial charge on any atom is -0.411 e. The average Bonchev–Trinajstić information content (AvgIpc) is 2.86. The summed E-state index contributed by atoms with van der Waals surface area (Å²) < 4.78 is 13.2. The van der Waals surface area contributed by atoms with Gasteiger partial charge in [0.05, 0.1) is 25.0 Å². The van der Waals surface area contributed by atoms with Gasteiger partial charge in [-0.15, -0.1) is 6.58 Å². The summed E-state index contributed by atoms with van der Waals surface area (Å²) in [5, 5.41) is 14.8. The van der Waals surface area contributed by atoms with Gasteiger partial charge in [0.25, 0.3) is 8.32 Å². The fourth-order valence-corrected chi connectivity index (χ4v) is 9.02. The topological polar surface area (TPSA) is 51.1 Å². The fraction of sp³-hybridized carbons (Fsp3) is 0.276. The second-order valence-electron chi connectivity index (χ2n) is 9.39. The van der Waals surface area contributed by atoms with Crippen LogP contribution in [0.25, 0.3) is 0 Å². The van der Waals surface area contributed by atoms with E-state index >= 15 is 0 Å². The summed E-state index contributed by atoms with van der Waals surface area (Å²) in [4.78, 5) is 0. The summed E-state index contributed by atoms with van der Waals surface area (Å²) in [6, 6.07) is 31.0. The van der Waals surface area contributed by atoms with Crippen molar-refractivity contribution in [2.75, 3.05) is 0 Å². The zero-order chi connectivity index (χ0) is 24.4. The van der Waals surface area contributed by atoms with Gasteiger partial charge in [-0.2, -0.15) is 0 Å². The van der Waals surface area contributed by atoms with Gasteiger partial charge in [-0.05, 0) is 21.0 Å². The van der Waals surface area contributed by atoms with Crippen LogP contribution < -0.4 is 10.4 Å². The molecule has 34 heavy (non-hydrogen) atoms. The molecule has 0 saturated heterocycles. The van der Waals surface area contributed by atoms with Crippen LogP contribution in [0, 0.1) is 0 Å². The van der Waals surface area contributed by atoms with Gasteiger partial charge in [0.1, 0.15) is 0 Å². The zero-order valence-electron chi connectivity index (χ0n) is 20.3. The predicted octanol–water partition coefficient (Wildman–Crippen LogP) is 5.55. The van der Waals surface area contributed by atoms with Crippen molar-refractivity contribution in [3.63, 3.8) is 0 Å². The van der Waals surface area contributed by atoms with Crippen LogP contribution in [0.3, 0.4) is 0 Å². The van der Waals surface area contributed by atoms with Crippen LogP contribution in [0.15, 0.2) is 109 Å². The molecule has 0 radical (unpaired) electrons. The molecule has 0 heterocycles. The number of hydrogen-bond donors (Lipinski definition) is 1. The van der Waals surface area contributed by atoms with Gasteiger partial charge in [-0.25, -0.2) is 0 Å². The van der Waals surface area contributed by atoms with Gasteiger partial charge < -0.3 is 14.4 Å². The molecule has 2 atom stereocenters. The molecule has 5 heteroatoms. The molecule has 178 valence electrons. The Morgan fingerprint density at radius 1 is 0.853 bits per heavy atom. The molecule has 0 unspecified atom stereocenters. The van der Waals surface area contributed by atoms with Gasteiger partial charge in [0.15, 0.2) is 0 Å². The van der Waals surface area contributed by atoms with Crippen molar-refractivity contribution in [3.8, 4) is 0 Å². The lowest BCUT2D eigenvalue weighted by Crippen LogP contribution is -2.67. The van der Waals surface area contributed by atoms with Gasteiger partial charge in [-0.3, -0.25) is 0 Å². The summed E-state index contributed by atoms with van der Waals surface area (Å²) in [7, 11) is -2.74. The number of nitrogens with zero attached hydrogens (tertiary/aromatic N) is 1. The molecule has 0 aliphatic heterocycles. The van der Waals surface area contributed by atoms with E-state index in [-0.39, 0.29) is 11.1 Å². The lowest BCUT2D eigenvalue weighted by molar-refractivity contribution is 0.0573. The maximum Gasteiger partial charge on any atom is 0.261 e. The zero-order valence-corrected chi connectivity index (χ0v) is 21.3. The monoisotopic (exact) mass is 473 g/mol. The third kappa shape index (κ3) is 6.11. The Morgan fingerprint density at radius 2 is 1.35 bits per heavy atom. The Balaban J connectivity index is 1.94. The highest BCUT2D eigenvalue weighted by molar-refractivity contribution is 6.99. The van der Waals surface area contributed by atoms with Crippen molar-refractivity contribution in [1.82, 2.24) is 0 Å². The molecule has 0 fully saturated rings. The van der Waals surface area contributed by atoms with Gasteiger partial charge >= 0.3 is 0 Å². The molecule has 0 spiro atoms. The molecule has 4 nitrogen and oxygen atoms in total. The molecule has 0 aromatic heterocycles. The largest absolute Gasteiger partial charge is 0.411 e. The molecule has 0 aliphatic rings. The molecular formula is C29H35NO3Si. The minimum atomic E-state index is -2.74. The van der Waals surface area contributed by atoms with E-state index in [0.29, 0.717) is 13.0 Å². The highest BCUT2D eigenvalue weighted by Crippen LogP contribution is 2.38. The summed E-state index contributed by atoms with van der Waals surface area (Å²) in [5.74, 6) is 0. The van der Waals surface area contributed by atoms with Crippen molar-refractivity contribution in [1.29, 1.82) is 0 Å². The van der Waals surface area contributed by atoms with Crippen molar-refractivity contribution in [3.05, 3.63) is 109 Å². The normalized spacial score (nSPS) is 14.1. The van der Waals surface area contributed by atoms with Crippen LogP contribution in [0.5, 0.6) is 0 Å². The Bertz CT molecular complexity index is 994. The van der Waals surface area contributed by atoms with Crippen LogP contribution in [0.1, 0.15) is 32.8 Å².